The smallest absolute Gasteiger partial charge is 0.00643 e. The second-order valence-electron chi connectivity index (χ2n) is 5.09. The number of aryl methyl sites for hydroxylation is 1. The van der Waals surface area contributed by atoms with E-state index < -0.39 is 0 Å². The average Bonchev–Trinajstić information content (AvgIpc) is 2.42. The summed E-state index contributed by atoms with van der Waals surface area (Å²) in [5, 5.41) is 2.55. The molecule has 0 heterocycles. The monoisotopic (exact) mass is 239 g/mol. The van der Waals surface area contributed by atoms with E-state index in [1.807, 2.05) is 0 Å². The van der Waals surface area contributed by atoms with Crippen LogP contribution < -0.4 is 0 Å². The van der Waals surface area contributed by atoms with E-state index in [4.69, 9.17) is 0 Å². The normalized spacial score (nSPS) is 10.9. The third kappa shape index (κ3) is 3.87. The summed E-state index contributed by atoms with van der Waals surface area (Å²) in [6, 6.07) is 16.5. The Morgan fingerprint density at radius 1 is 0.833 bits per heavy atom. The topological polar surface area (TPSA) is 0 Å². The Bertz CT molecular complexity index is 470. The molecular weight excluding hydrogens is 216 g/mol. The van der Waals surface area contributed by atoms with Crippen LogP contribution in [0.5, 0.6) is 0 Å². The van der Waals surface area contributed by atoms with Crippen molar-refractivity contribution in [2.45, 2.75) is 51.9 Å². The molecule has 0 saturated carbocycles. The highest BCUT2D eigenvalue weighted by Gasteiger charge is 1.97. The molecule has 0 spiro atoms. The van der Waals surface area contributed by atoms with Crippen molar-refractivity contribution in [2.24, 2.45) is 0 Å². The van der Waals surface area contributed by atoms with E-state index in [1.165, 1.54) is 61.3 Å². The third-order valence-electron chi connectivity index (χ3n) is 3.52. The predicted molar refractivity (Wildman–Crippen MR) is 79.9 cm³/mol. The SMILES string of the molecule is CCCCCCCCc1[c]c2ccccc2cc1. The molecule has 0 aliphatic rings. The van der Waals surface area contributed by atoms with E-state index in [0.29, 0.717) is 0 Å². The maximum Gasteiger partial charge on any atom is -0.00643 e. The number of benzene rings is 2. The van der Waals surface area contributed by atoms with Crippen molar-refractivity contribution in [3.05, 3.63) is 48.0 Å². The van der Waals surface area contributed by atoms with E-state index >= 15 is 0 Å². The lowest BCUT2D eigenvalue weighted by atomic mass is 10.0. The van der Waals surface area contributed by atoms with Crippen LogP contribution in [0, 0.1) is 6.07 Å². The lowest BCUT2D eigenvalue weighted by Gasteiger charge is -2.03. The molecule has 18 heavy (non-hydrogen) atoms. The first-order valence-corrected chi connectivity index (χ1v) is 7.30. The summed E-state index contributed by atoms with van der Waals surface area (Å²) in [6.07, 6.45) is 9.36. The zero-order valence-corrected chi connectivity index (χ0v) is 11.4. The van der Waals surface area contributed by atoms with E-state index in [2.05, 4.69) is 49.4 Å². The Morgan fingerprint density at radius 3 is 2.50 bits per heavy atom. The number of fused-ring (bicyclic) bond motifs is 1. The highest BCUT2D eigenvalue weighted by molar-refractivity contribution is 5.82. The minimum atomic E-state index is 1.18. The molecule has 2 aromatic carbocycles. The van der Waals surface area contributed by atoms with Crippen molar-refractivity contribution in [1.29, 1.82) is 0 Å². The molecule has 0 N–H and O–H groups in total. The molecule has 1 radical (unpaired) electrons. The fraction of sp³-hybridized carbons (Fsp3) is 0.444. The molecule has 0 aliphatic heterocycles. The van der Waals surface area contributed by atoms with Gasteiger partial charge in [0.15, 0.2) is 0 Å². The summed E-state index contributed by atoms with van der Waals surface area (Å²) in [5.74, 6) is 0. The first-order valence-electron chi connectivity index (χ1n) is 7.30. The first kappa shape index (κ1) is 13.1. The maximum atomic E-state index is 3.53. The Hall–Kier alpha value is -1.30. The minimum Gasteiger partial charge on any atom is -0.0654 e. The zero-order valence-electron chi connectivity index (χ0n) is 11.4. The van der Waals surface area contributed by atoms with Crippen LogP contribution in [0.15, 0.2) is 36.4 Å². The van der Waals surface area contributed by atoms with Gasteiger partial charge in [-0.05, 0) is 35.2 Å². The van der Waals surface area contributed by atoms with E-state index in [0.717, 1.165) is 0 Å². The van der Waals surface area contributed by atoms with E-state index in [9.17, 15) is 0 Å². The highest BCUT2D eigenvalue weighted by atomic mass is 14.0. The molecule has 95 valence electrons. The molecule has 0 heteroatoms. The number of rotatable bonds is 7. The summed E-state index contributed by atoms with van der Waals surface area (Å²) in [6.45, 7) is 2.27. The molecule has 0 saturated heterocycles. The number of hydrogen-bond donors (Lipinski definition) is 0. The van der Waals surface area contributed by atoms with Gasteiger partial charge in [0.1, 0.15) is 0 Å². The van der Waals surface area contributed by atoms with Crippen molar-refractivity contribution < 1.29 is 0 Å². The van der Waals surface area contributed by atoms with Crippen molar-refractivity contribution in [3.63, 3.8) is 0 Å². The van der Waals surface area contributed by atoms with Crippen molar-refractivity contribution in [2.75, 3.05) is 0 Å². The van der Waals surface area contributed by atoms with Crippen LogP contribution in [0.2, 0.25) is 0 Å². The molecular formula is C18H23. The van der Waals surface area contributed by atoms with Crippen LogP contribution in [0.25, 0.3) is 10.8 Å². The Morgan fingerprint density at radius 2 is 1.61 bits per heavy atom. The molecule has 0 amide bonds. The Kier molecular flexibility index (Phi) is 5.26. The quantitative estimate of drug-likeness (QED) is 0.556. The van der Waals surface area contributed by atoms with Gasteiger partial charge in [-0.3, -0.25) is 0 Å². The zero-order chi connectivity index (χ0) is 12.6. The number of unbranched alkanes of at least 4 members (excludes halogenated alkanes) is 5. The fourth-order valence-electron chi connectivity index (χ4n) is 2.40. The van der Waals surface area contributed by atoms with Gasteiger partial charge >= 0.3 is 0 Å². The molecule has 0 bridgehead atoms. The summed E-state index contributed by atoms with van der Waals surface area (Å²) in [4.78, 5) is 0. The van der Waals surface area contributed by atoms with Crippen molar-refractivity contribution in [3.8, 4) is 0 Å². The summed E-state index contributed by atoms with van der Waals surface area (Å²) in [7, 11) is 0. The Labute approximate surface area is 111 Å². The van der Waals surface area contributed by atoms with E-state index in [1.54, 1.807) is 0 Å². The summed E-state index contributed by atoms with van der Waals surface area (Å²) in [5.41, 5.74) is 1.36. The van der Waals surface area contributed by atoms with Gasteiger partial charge in [0.2, 0.25) is 0 Å². The first-order chi connectivity index (χ1) is 8.90. The Balaban J connectivity index is 1.81. The minimum absolute atomic E-state index is 1.18. The third-order valence-corrected chi connectivity index (χ3v) is 3.52. The fourth-order valence-corrected chi connectivity index (χ4v) is 2.40. The van der Waals surface area contributed by atoms with Gasteiger partial charge in [-0.25, -0.2) is 0 Å². The van der Waals surface area contributed by atoms with Gasteiger partial charge in [0.25, 0.3) is 0 Å². The van der Waals surface area contributed by atoms with Crippen LogP contribution in [0.1, 0.15) is 51.0 Å². The lowest BCUT2D eigenvalue weighted by molar-refractivity contribution is 0.607. The van der Waals surface area contributed by atoms with Crippen LogP contribution in [0.3, 0.4) is 0 Å². The highest BCUT2D eigenvalue weighted by Crippen LogP contribution is 2.16. The van der Waals surface area contributed by atoms with Gasteiger partial charge in [0.05, 0.1) is 0 Å². The maximum absolute atomic E-state index is 3.53. The second kappa shape index (κ2) is 7.20. The molecule has 0 aliphatic carbocycles. The van der Waals surface area contributed by atoms with Crippen molar-refractivity contribution >= 4 is 10.8 Å². The van der Waals surface area contributed by atoms with Crippen LogP contribution >= 0.6 is 0 Å². The van der Waals surface area contributed by atoms with Gasteiger partial charge in [0, 0.05) is 0 Å². The van der Waals surface area contributed by atoms with Crippen LogP contribution in [0.4, 0.5) is 0 Å². The molecule has 0 fully saturated rings. The molecule has 0 unspecified atom stereocenters. The largest absolute Gasteiger partial charge is 0.0654 e. The van der Waals surface area contributed by atoms with Crippen molar-refractivity contribution in [1.82, 2.24) is 0 Å². The summed E-state index contributed by atoms with van der Waals surface area (Å²) >= 11 is 0. The van der Waals surface area contributed by atoms with Gasteiger partial charge in [-0.15, -0.1) is 0 Å². The van der Waals surface area contributed by atoms with Crippen LogP contribution in [-0.2, 0) is 6.42 Å². The molecule has 0 nitrogen and oxygen atoms in total. The van der Waals surface area contributed by atoms with Gasteiger partial charge < -0.3 is 0 Å². The predicted octanol–water partition coefficient (Wildman–Crippen LogP) is 5.54. The van der Waals surface area contributed by atoms with Crippen LogP contribution in [-0.4, -0.2) is 0 Å². The average molecular weight is 239 g/mol. The second-order valence-corrected chi connectivity index (χ2v) is 5.09. The number of hydrogen-bond acceptors (Lipinski definition) is 0. The molecule has 0 aromatic heterocycles. The van der Waals surface area contributed by atoms with Gasteiger partial charge in [-0.2, -0.15) is 0 Å². The van der Waals surface area contributed by atoms with Gasteiger partial charge in [-0.1, -0.05) is 75.4 Å². The standard InChI is InChI=1S/C18H23/c1-2-3-4-5-6-7-10-16-13-14-17-11-8-9-12-18(17)15-16/h8-9,11-14H,2-7,10H2,1H3. The molecule has 0 atom stereocenters. The van der Waals surface area contributed by atoms with E-state index in [-0.39, 0.29) is 0 Å². The molecule has 2 aromatic rings. The molecule has 2 rings (SSSR count). The lowest BCUT2D eigenvalue weighted by Crippen LogP contribution is -1.87. The summed E-state index contributed by atoms with van der Waals surface area (Å²) < 4.78 is 0.